The fourth-order valence-corrected chi connectivity index (χ4v) is 3.32. The van der Waals surface area contributed by atoms with Crippen molar-refractivity contribution in [1.82, 2.24) is 15.5 Å². The average Bonchev–Trinajstić information content (AvgIpc) is 3.16. The largest absolute Gasteiger partial charge is 0.444 e. The zero-order valence-electron chi connectivity index (χ0n) is 18.4. The Bertz CT molecular complexity index is 507. The fourth-order valence-electron chi connectivity index (χ4n) is 3.32. The van der Waals surface area contributed by atoms with Crippen LogP contribution in [0.5, 0.6) is 0 Å². The van der Waals surface area contributed by atoms with Gasteiger partial charge in [-0.25, -0.2) is 4.79 Å². The Balaban J connectivity index is 0.00000420. The highest BCUT2D eigenvalue weighted by Crippen LogP contribution is 2.15. The molecule has 1 amide bonds. The summed E-state index contributed by atoms with van der Waals surface area (Å²) in [7, 11) is 1.76. The second-order valence-electron chi connectivity index (χ2n) is 8.57. The molecule has 0 aliphatic carbocycles. The number of piperidine rings is 1. The first kappa shape index (κ1) is 26.2. The lowest BCUT2D eigenvalue weighted by atomic mass is 10.1. The third-order valence-corrected chi connectivity index (χ3v) is 4.77. The van der Waals surface area contributed by atoms with Crippen molar-refractivity contribution in [3.05, 3.63) is 0 Å². The van der Waals surface area contributed by atoms with E-state index in [1.165, 1.54) is 0 Å². The normalized spacial score (nSPS) is 22.8. The van der Waals surface area contributed by atoms with Crippen LogP contribution in [-0.4, -0.2) is 81.7 Å². The van der Waals surface area contributed by atoms with E-state index in [0.717, 1.165) is 71.2 Å². The number of nitrogens with zero attached hydrogens (tertiary/aromatic N) is 2. The van der Waals surface area contributed by atoms with Crippen LogP contribution in [0, 0.1) is 5.92 Å². The first-order valence-corrected chi connectivity index (χ1v) is 10.5. The van der Waals surface area contributed by atoms with Gasteiger partial charge < -0.3 is 29.7 Å². The van der Waals surface area contributed by atoms with E-state index in [1.807, 2.05) is 20.8 Å². The minimum absolute atomic E-state index is 0. The zero-order valence-corrected chi connectivity index (χ0v) is 20.7. The van der Waals surface area contributed by atoms with E-state index in [1.54, 1.807) is 11.9 Å². The number of carbonyl (C=O) groups excluding carboxylic acids is 1. The van der Waals surface area contributed by atoms with Crippen LogP contribution in [-0.2, 0) is 14.2 Å². The summed E-state index contributed by atoms with van der Waals surface area (Å²) in [5.74, 6) is 1.32. The van der Waals surface area contributed by atoms with Crippen LogP contribution in [0.25, 0.3) is 0 Å². The molecular weight excluding hydrogens is 487 g/mol. The molecule has 2 fully saturated rings. The van der Waals surface area contributed by atoms with Crippen LogP contribution >= 0.6 is 24.0 Å². The Morgan fingerprint density at radius 2 is 2.10 bits per heavy atom. The lowest BCUT2D eigenvalue weighted by Crippen LogP contribution is -2.53. The Morgan fingerprint density at radius 3 is 2.76 bits per heavy atom. The molecule has 0 spiro atoms. The quantitative estimate of drug-likeness (QED) is 0.230. The van der Waals surface area contributed by atoms with Gasteiger partial charge in [-0.3, -0.25) is 4.99 Å². The van der Waals surface area contributed by atoms with E-state index in [4.69, 9.17) is 14.2 Å². The van der Waals surface area contributed by atoms with Crippen LogP contribution in [0.15, 0.2) is 4.99 Å². The molecule has 0 saturated carbocycles. The van der Waals surface area contributed by atoms with Gasteiger partial charge in [0, 0.05) is 51.9 Å². The minimum atomic E-state index is -0.470. The van der Waals surface area contributed by atoms with Crippen molar-refractivity contribution < 1.29 is 19.0 Å². The summed E-state index contributed by atoms with van der Waals surface area (Å²) in [6.07, 6.45) is 3.74. The van der Waals surface area contributed by atoms with Gasteiger partial charge in [0.25, 0.3) is 0 Å². The highest BCUT2D eigenvalue weighted by atomic mass is 127. The van der Waals surface area contributed by atoms with Crippen molar-refractivity contribution in [3.8, 4) is 0 Å². The van der Waals surface area contributed by atoms with Gasteiger partial charge in [0.05, 0.1) is 13.2 Å². The molecule has 0 bridgehead atoms. The molecule has 0 aromatic carbocycles. The molecule has 2 N–H and O–H groups in total. The SMILES string of the molecule is CN=C(NCCCOCC1CCOC1)NC1CCCN(C(=O)OC(C)(C)C)C1.I. The van der Waals surface area contributed by atoms with Crippen molar-refractivity contribution in [3.63, 3.8) is 0 Å². The molecule has 9 heteroatoms. The van der Waals surface area contributed by atoms with Crippen molar-refractivity contribution in [1.29, 1.82) is 0 Å². The summed E-state index contributed by atoms with van der Waals surface area (Å²) >= 11 is 0. The van der Waals surface area contributed by atoms with Crippen molar-refractivity contribution >= 4 is 36.0 Å². The molecule has 2 heterocycles. The minimum Gasteiger partial charge on any atom is -0.444 e. The molecule has 2 rings (SSSR count). The summed E-state index contributed by atoms with van der Waals surface area (Å²) in [6.45, 7) is 11.0. The number of hydrogen-bond acceptors (Lipinski definition) is 5. The Kier molecular flexibility index (Phi) is 12.2. The lowest BCUT2D eigenvalue weighted by Gasteiger charge is -2.35. The molecule has 8 nitrogen and oxygen atoms in total. The van der Waals surface area contributed by atoms with E-state index in [0.29, 0.717) is 12.5 Å². The molecule has 0 aromatic rings. The van der Waals surface area contributed by atoms with Crippen molar-refractivity contribution in [2.24, 2.45) is 10.9 Å². The molecule has 0 radical (unpaired) electrons. The highest BCUT2D eigenvalue weighted by molar-refractivity contribution is 14.0. The Hall–Kier alpha value is -0.810. The smallest absolute Gasteiger partial charge is 0.410 e. The van der Waals surface area contributed by atoms with Gasteiger partial charge in [0.1, 0.15) is 5.60 Å². The number of aliphatic imine (C=N–C) groups is 1. The number of likely N-dealkylation sites (tertiary alicyclic amines) is 1. The molecule has 170 valence electrons. The lowest BCUT2D eigenvalue weighted by molar-refractivity contribution is 0.0193. The molecule has 2 saturated heterocycles. The number of rotatable bonds is 7. The topological polar surface area (TPSA) is 84.4 Å². The number of nitrogens with one attached hydrogen (secondary N) is 2. The second-order valence-corrected chi connectivity index (χ2v) is 8.57. The monoisotopic (exact) mass is 526 g/mol. The summed E-state index contributed by atoms with van der Waals surface area (Å²) in [5, 5.41) is 6.75. The number of ether oxygens (including phenoxy) is 3. The van der Waals surface area contributed by atoms with Crippen molar-refractivity contribution in [2.45, 2.75) is 58.1 Å². The molecule has 2 aliphatic rings. The third kappa shape index (κ3) is 10.7. The first-order chi connectivity index (χ1) is 13.4. The Labute approximate surface area is 192 Å². The van der Waals surface area contributed by atoms with E-state index in [9.17, 15) is 4.79 Å². The number of amides is 1. The molecule has 2 unspecified atom stereocenters. The van der Waals surface area contributed by atoms with Gasteiger partial charge in [-0.05, 0) is 46.5 Å². The summed E-state index contributed by atoms with van der Waals surface area (Å²) in [6, 6.07) is 0.172. The van der Waals surface area contributed by atoms with Crippen LogP contribution in [0.3, 0.4) is 0 Å². The van der Waals surface area contributed by atoms with Gasteiger partial charge in [-0.1, -0.05) is 0 Å². The van der Waals surface area contributed by atoms with E-state index in [-0.39, 0.29) is 36.1 Å². The van der Waals surface area contributed by atoms with Crippen LogP contribution in [0.1, 0.15) is 46.5 Å². The fraction of sp³-hybridized carbons (Fsp3) is 0.900. The zero-order chi connectivity index (χ0) is 20.4. The maximum absolute atomic E-state index is 12.3. The molecular formula is C20H39IN4O4. The van der Waals surface area contributed by atoms with Gasteiger partial charge in [-0.15, -0.1) is 24.0 Å². The van der Waals surface area contributed by atoms with E-state index < -0.39 is 5.60 Å². The predicted molar refractivity (Wildman–Crippen MR) is 125 cm³/mol. The number of halogens is 1. The van der Waals surface area contributed by atoms with E-state index >= 15 is 0 Å². The standard InChI is InChI=1S/C20H38N4O4.HI/c1-20(2,3)28-19(25)24-10-5-7-17(13-24)23-18(21-4)22-9-6-11-26-14-16-8-12-27-15-16;/h16-17H,5-15H2,1-4H3,(H2,21,22,23);1H. The highest BCUT2D eigenvalue weighted by Gasteiger charge is 2.28. The maximum atomic E-state index is 12.3. The number of hydrogen-bond donors (Lipinski definition) is 2. The molecule has 29 heavy (non-hydrogen) atoms. The molecule has 0 aromatic heterocycles. The van der Waals surface area contributed by atoms with Crippen LogP contribution < -0.4 is 10.6 Å². The van der Waals surface area contributed by atoms with Gasteiger partial charge in [-0.2, -0.15) is 0 Å². The maximum Gasteiger partial charge on any atom is 0.410 e. The van der Waals surface area contributed by atoms with Gasteiger partial charge in [0.2, 0.25) is 0 Å². The average molecular weight is 526 g/mol. The first-order valence-electron chi connectivity index (χ1n) is 10.5. The van der Waals surface area contributed by atoms with Crippen LogP contribution in [0.4, 0.5) is 4.79 Å². The predicted octanol–water partition coefficient (Wildman–Crippen LogP) is 2.61. The van der Waals surface area contributed by atoms with Crippen LogP contribution in [0.2, 0.25) is 0 Å². The summed E-state index contributed by atoms with van der Waals surface area (Å²) in [5.41, 5.74) is -0.470. The molecule has 2 aliphatic heterocycles. The summed E-state index contributed by atoms with van der Waals surface area (Å²) < 4.78 is 16.6. The van der Waals surface area contributed by atoms with E-state index in [2.05, 4.69) is 15.6 Å². The number of carbonyl (C=O) groups is 1. The van der Waals surface area contributed by atoms with Crippen molar-refractivity contribution in [2.75, 3.05) is 53.1 Å². The number of guanidine groups is 1. The van der Waals surface area contributed by atoms with Gasteiger partial charge in [0.15, 0.2) is 5.96 Å². The third-order valence-electron chi connectivity index (χ3n) is 4.77. The summed E-state index contributed by atoms with van der Waals surface area (Å²) in [4.78, 5) is 18.4. The Morgan fingerprint density at radius 1 is 1.31 bits per heavy atom. The van der Waals surface area contributed by atoms with Gasteiger partial charge >= 0.3 is 6.09 Å². The molecule has 2 atom stereocenters. The second kappa shape index (κ2) is 13.5.